The lowest BCUT2D eigenvalue weighted by molar-refractivity contribution is -0.145. The lowest BCUT2D eigenvalue weighted by atomic mass is 9.93. The van der Waals surface area contributed by atoms with Crippen LogP contribution in [0.1, 0.15) is 24.4 Å². The first-order valence-electron chi connectivity index (χ1n) is 10.2. The number of carbonyl (C=O) groups excluding carboxylic acids is 2. The van der Waals surface area contributed by atoms with Crippen LogP contribution in [-0.4, -0.2) is 50.0 Å². The summed E-state index contributed by atoms with van der Waals surface area (Å²) in [5.74, 6) is 0.779. The summed E-state index contributed by atoms with van der Waals surface area (Å²) >= 11 is 0. The third-order valence-electron chi connectivity index (χ3n) is 5.85. The van der Waals surface area contributed by atoms with Crippen molar-refractivity contribution in [3.05, 3.63) is 60.2 Å². The molecule has 2 aromatic carbocycles. The average molecular weight is 393 g/mol. The third kappa shape index (κ3) is 3.98. The topological polar surface area (TPSA) is 61.9 Å². The number of nitrogens with zero attached hydrogens (tertiary/aromatic N) is 2. The fourth-order valence-corrected chi connectivity index (χ4v) is 4.25. The summed E-state index contributed by atoms with van der Waals surface area (Å²) in [6.45, 7) is 2.73. The first-order valence-corrected chi connectivity index (χ1v) is 10.2. The van der Waals surface area contributed by atoms with E-state index in [0.717, 1.165) is 42.9 Å². The van der Waals surface area contributed by atoms with Crippen molar-refractivity contribution < 1.29 is 14.3 Å². The summed E-state index contributed by atoms with van der Waals surface area (Å²) in [7, 11) is 1.62. The molecule has 6 nitrogen and oxygen atoms in total. The number of hydrogen-bond acceptors (Lipinski definition) is 4. The summed E-state index contributed by atoms with van der Waals surface area (Å²) in [4.78, 5) is 30.5. The van der Waals surface area contributed by atoms with Crippen LogP contribution in [0.15, 0.2) is 54.6 Å². The quantitative estimate of drug-likeness (QED) is 0.867. The third-order valence-corrected chi connectivity index (χ3v) is 5.85. The minimum Gasteiger partial charge on any atom is -0.497 e. The van der Waals surface area contributed by atoms with Crippen LogP contribution < -0.4 is 15.0 Å². The molecule has 4 rings (SSSR count). The summed E-state index contributed by atoms with van der Waals surface area (Å²) in [6, 6.07) is 16.5. The Kier molecular flexibility index (Phi) is 5.81. The van der Waals surface area contributed by atoms with Crippen molar-refractivity contribution in [3.8, 4) is 5.75 Å². The molecule has 29 heavy (non-hydrogen) atoms. The molecule has 1 atom stereocenters. The molecular weight excluding hydrogens is 366 g/mol. The van der Waals surface area contributed by atoms with Crippen LogP contribution in [0.25, 0.3) is 0 Å². The molecule has 2 heterocycles. The molecule has 0 aliphatic carbocycles. The molecule has 0 radical (unpaired) electrons. The fraction of sp³-hybridized carbons (Fsp3) is 0.391. The van der Waals surface area contributed by atoms with Crippen LogP contribution >= 0.6 is 0 Å². The Balaban J connectivity index is 1.63. The number of ether oxygens (including phenoxy) is 1. The Bertz CT molecular complexity index is 847. The number of nitrogens with one attached hydrogen (secondary N) is 1. The number of methoxy groups -OCH3 is 1. The van der Waals surface area contributed by atoms with Gasteiger partial charge in [0.2, 0.25) is 5.91 Å². The van der Waals surface area contributed by atoms with Gasteiger partial charge in [-0.2, -0.15) is 0 Å². The van der Waals surface area contributed by atoms with Gasteiger partial charge in [0.25, 0.3) is 5.91 Å². The highest BCUT2D eigenvalue weighted by atomic mass is 16.5. The van der Waals surface area contributed by atoms with Crippen LogP contribution in [0.3, 0.4) is 0 Å². The number of carbonyl (C=O) groups is 2. The second kappa shape index (κ2) is 8.66. The van der Waals surface area contributed by atoms with Crippen molar-refractivity contribution in [2.45, 2.75) is 18.9 Å². The van der Waals surface area contributed by atoms with Crippen LogP contribution in [0.2, 0.25) is 0 Å². The van der Waals surface area contributed by atoms with Gasteiger partial charge in [-0.25, -0.2) is 0 Å². The van der Waals surface area contributed by atoms with Crippen molar-refractivity contribution >= 4 is 17.5 Å². The second-order valence-electron chi connectivity index (χ2n) is 7.56. The van der Waals surface area contributed by atoms with Crippen molar-refractivity contribution in [1.82, 2.24) is 10.2 Å². The molecule has 2 aromatic rings. The predicted molar refractivity (Wildman–Crippen MR) is 112 cm³/mol. The van der Waals surface area contributed by atoms with Gasteiger partial charge < -0.3 is 19.9 Å². The highest BCUT2D eigenvalue weighted by Crippen LogP contribution is 2.32. The van der Waals surface area contributed by atoms with Crippen molar-refractivity contribution in [1.29, 1.82) is 0 Å². The molecule has 2 amide bonds. The van der Waals surface area contributed by atoms with Gasteiger partial charge in [-0.05, 0) is 55.8 Å². The highest BCUT2D eigenvalue weighted by Gasteiger charge is 2.41. The maximum absolute atomic E-state index is 13.6. The Morgan fingerprint density at radius 1 is 1.00 bits per heavy atom. The maximum Gasteiger partial charge on any atom is 0.254 e. The number of piperazine rings is 1. The van der Waals surface area contributed by atoms with E-state index in [1.807, 2.05) is 54.6 Å². The van der Waals surface area contributed by atoms with E-state index < -0.39 is 6.04 Å². The molecule has 1 unspecified atom stereocenters. The number of amides is 2. The maximum atomic E-state index is 13.6. The Morgan fingerprint density at radius 2 is 1.69 bits per heavy atom. The standard InChI is InChI=1S/C23H27N3O3/c1-29-20-9-7-19(8-10-20)25-15-16-26(22(27)18-11-13-24-14-12-18)21(23(25)28)17-5-3-2-4-6-17/h2-10,18,21,24H,11-16H2,1H3. The van der Waals surface area contributed by atoms with Gasteiger partial charge in [-0.15, -0.1) is 0 Å². The van der Waals surface area contributed by atoms with E-state index in [9.17, 15) is 9.59 Å². The van der Waals surface area contributed by atoms with E-state index in [-0.39, 0.29) is 17.7 Å². The zero-order valence-corrected chi connectivity index (χ0v) is 16.7. The zero-order valence-electron chi connectivity index (χ0n) is 16.7. The lowest BCUT2D eigenvalue weighted by Crippen LogP contribution is -2.56. The Morgan fingerprint density at radius 3 is 2.34 bits per heavy atom. The largest absolute Gasteiger partial charge is 0.497 e. The van der Waals surface area contributed by atoms with Gasteiger partial charge in [0, 0.05) is 24.7 Å². The summed E-state index contributed by atoms with van der Waals surface area (Å²) in [6.07, 6.45) is 1.65. The molecule has 6 heteroatoms. The van der Waals surface area contributed by atoms with Gasteiger partial charge >= 0.3 is 0 Å². The van der Waals surface area contributed by atoms with E-state index >= 15 is 0 Å². The van der Waals surface area contributed by atoms with Gasteiger partial charge in [0.15, 0.2) is 0 Å². The predicted octanol–water partition coefficient (Wildman–Crippen LogP) is 2.61. The van der Waals surface area contributed by atoms with E-state index in [1.165, 1.54) is 0 Å². The normalized spacial score (nSPS) is 20.6. The molecule has 0 aromatic heterocycles. The summed E-state index contributed by atoms with van der Waals surface area (Å²) in [5, 5.41) is 3.31. The van der Waals surface area contributed by atoms with Crippen LogP contribution in [0.5, 0.6) is 5.75 Å². The number of rotatable bonds is 4. The van der Waals surface area contributed by atoms with Crippen LogP contribution in [-0.2, 0) is 9.59 Å². The molecular formula is C23H27N3O3. The molecule has 0 spiro atoms. The van der Waals surface area contributed by atoms with E-state index in [2.05, 4.69) is 5.32 Å². The van der Waals surface area contributed by atoms with Crippen molar-refractivity contribution in [2.75, 3.05) is 38.2 Å². The van der Waals surface area contributed by atoms with E-state index in [1.54, 1.807) is 16.9 Å². The number of hydrogen-bond donors (Lipinski definition) is 1. The minimum atomic E-state index is -0.588. The van der Waals surface area contributed by atoms with Gasteiger partial charge in [0.05, 0.1) is 7.11 Å². The zero-order chi connectivity index (χ0) is 20.2. The minimum absolute atomic E-state index is 0.0113. The molecule has 1 N–H and O–H groups in total. The Hall–Kier alpha value is -2.86. The van der Waals surface area contributed by atoms with Crippen LogP contribution in [0, 0.1) is 5.92 Å². The van der Waals surface area contributed by atoms with Crippen molar-refractivity contribution in [2.24, 2.45) is 5.92 Å². The van der Waals surface area contributed by atoms with Crippen molar-refractivity contribution in [3.63, 3.8) is 0 Å². The molecule has 0 bridgehead atoms. The SMILES string of the molecule is COc1ccc(N2CCN(C(=O)C3CCNCC3)C(c3ccccc3)C2=O)cc1. The van der Waals surface area contributed by atoms with E-state index in [0.29, 0.717) is 13.1 Å². The number of benzene rings is 2. The number of piperidine rings is 1. The van der Waals surface area contributed by atoms with Gasteiger partial charge in [-0.3, -0.25) is 9.59 Å². The lowest BCUT2D eigenvalue weighted by Gasteiger charge is -2.42. The molecule has 0 saturated carbocycles. The highest BCUT2D eigenvalue weighted by molar-refractivity contribution is 6.01. The Labute approximate surface area is 171 Å². The molecule has 2 saturated heterocycles. The first-order chi connectivity index (χ1) is 14.2. The molecule has 152 valence electrons. The average Bonchev–Trinajstić information content (AvgIpc) is 2.79. The second-order valence-corrected chi connectivity index (χ2v) is 7.56. The van der Waals surface area contributed by atoms with Gasteiger partial charge in [-0.1, -0.05) is 30.3 Å². The van der Waals surface area contributed by atoms with E-state index in [4.69, 9.17) is 4.74 Å². The summed E-state index contributed by atoms with van der Waals surface area (Å²) < 4.78 is 5.23. The summed E-state index contributed by atoms with van der Waals surface area (Å²) in [5.41, 5.74) is 1.68. The smallest absolute Gasteiger partial charge is 0.254 e. The fourth-order valence-electron chi connectivity index (χ4n) is 4.25. The molecule has 2 aliphatic heterocycles. The first kappa shape index (κ1) is 19.5. The monoisotopic (exact) mass is 393 g/mol. The molecule has 2 fully saturated rings. The number of anilines is 1. The van der Waals surface area contributed by atoms with Crippen LogP contribution in [0.4, 0.5) is 5.69 Å². The molecule has 2 aliphatic rings. The van der Waals surface area contributed by atoms with Gasteiger partial charge in [0.1, 0.15) is 11.8 Å².